The van der Waals surface area contributed by atoms with E-state index < -0.39 is 11.8 Å². The quantitative estimate of drug-likeness (QED) is 0.740. The second kappa shape index (κ2) is 4.53. The summed E-state index contributed by atoms with van der Waals surface area (Å²) in [6, 6.07) is 0. The topological polar surface area (TPSA) is 29.0 Å². The first-order valence-electron chi connectivity index (χ1n) is 5.21. The van der Waals surface area contributed by atoms with Crippen molar-refractivity contribution in [1.82, 2.24) is 9.97 Å². The Morgan fingerprint density at radius 3 is 2.76 bits per heavy atom. The van der Waals surface area contributed by atoms with E-state index in [2.05, 4.69) is 9.97 Å². The van der Waals surface area contributed by atoms with E-state index >= 15 is 0 Å². The van der Waals surface area contributed by atoms with Crippen LogP contribution in [0.3, 0.4) is 0 Å². The number of rotatable bonds is 1. The number of halogens is 4. The molecule has 7 heteroatoms. The number of hydrogen-bond donors (Lipinski definition) is 0. The van der Waals surface area contributed by atoms with Crippen molar-refractivity contribution in [2.75, 3.05) is 18.0 Å². The van der Waals surface area contributed by atoms with Gasteiger partial charge in [-0.15, -0.1) is 0 Å². The minimum Gasteiger partial charge on any atom is -0.340 e. The van der Waals surface area contributed by atoms with Crippen LogP contribution < -0.4 is 4.90 Å². The average Bonchev–Trinajstić information content (AvgIpc) is 2.26. The molecule has 1 aliphatic heterocycles. The molecule has 0 aliphatic carbocycles. The Morgan fingerprint density at radius 1 is 1.47 bits per heavy atom. The largest absolute Gasteiger partial charge is 0.340 e. The van der Waals surface area contributed by atoms with Crippen LogP contribution >= 0.6 is 23.2 Å². The predicted octanol–water partition coefficient (Wildman–Crippen LogP) is 3.26. The molecule has 94 valence electrons. The van der Waals surface area contributed by atoms with Crippen LogP contribution in [0.1, 0.15) is 13.3 Å². The maximum Gasteiger partial charge on any atom is 0.254 e. The van der Waals surface area contributed by atoms with Gasteiger partial charge in [0.2, 0.25) is 5.95 Å². The Morgan fingerprint density at radius 2 is 2.18 bits per heavy atom. The van der Waals surface area contributed by atoms with Gasteiger partial charge in [-0.2, -0.15) is 4.98 Å². The van der Waals surface area contributed by atoms with Crippen LogP contribution in [-0.4, -0.2) is 29.0 Å². The summed E-state index contributed by atoms with van der Waals surface area (Å²) in [6.45, 7) is 1.95. The third-order valence-electron chi connectivity index (χ3n) is 2.90. The van der Waals surface area contributed by atoms with E-state index in [1.54, 1.807) is 4.90 Å². The lowest BCUT2D eigenvalue weighted by Gasteiger charge is -2.36. The highest BCUT2D eigenvalue weighted by Gasteiger charge is 2.41. The molecule has 1 aromatic heterocycles. The summed E-state index contributed by atoms with van der Waals surface area (Å²) in [6.07, 6.45) is 1.18. The van der Waals surface area contributed by atoms with E-state index in [1.807, 2.05) is 0 Å². The first kappa shape index (κ1) is 12.8. The molecule has 0 aromatic carbocycles. The SMILES string of the molecule is CC1CN(c2ncc(Cl)c(Cl)n2)CCC1(F)F. The lowest BCUT2D eigenvalue weighted by molar-refractivity contribution is -0.0653. The van der Waals surface area contributed by atoms with Crippen molar-refractivity contribution in [1.29, 1.82) is 0 Å². The third kappa shape index (κ3) is 2.60. The molecule has 1 aromatic rings. The molecule has 2 rings (SSSR count). The van der Waals surface area contributed by atoms with Crippen molar-refractivity contribution in [3.8, 4) is 0 Å². The Balaban J connectivity index is 2.17. The normalized spacial score (nSPS) is 23.8. The van der Waals surface area contributed by atoms with Crippen LogP contribution in [0.25, 0.3) is 0 Å². The van der Waals surface area contributed by atoms with Crippen LogP contribution in [0.5, 0.6) is 0 Å². The zero-order valence-corrected chi connectivity index (χ0v) is 10.6. The molecule has 1 saturated heterocycles. The van der Waals surface area contributed by atoms with Gasteiger partial charge in [-0.1, -0.05) is 30.1 Å². The number of alkyl halides is 2. The highest BCUT2D eigenvalue weighted by atomic mass is 35.5. The van der Waals surface area contributed by atoms with Crippen LogP contribution in [0.4, 0.5) is 14.7 Å². The molecule has 1 fully saturated rings. The molecule has 1 atom stereocenters. The molecule has 0 bridgehead atoms. The van der Waals surface area contributed by atoms with E-state index in [1.165, 1.54) is 13.1 Å². The molecular formula is C10H11Cl2F2N3. The summed E-state index contributed by atoms with van der Waals surface area (Å²) < 4.78 is 26.6. The Kier molecular flexibility index (Phi) is 3.41. The highest BCUT2D eigenvalue weighted by molar-refractivity contribution is 6.41. The monoisotopic (exact) mass is 281 g/mol. The molecule has 0 amide bonds. The number of nitrogens with zero attached hydrogens (tertiary/aromatic N) is 3. The highest BCUT2D eigenvalue weighted by Crippen LogP contribution is 2.34. The molecule has 3 nitrogen and oxygen atoms in total. The van der Waals surface area contributed by atoms with Crippen molar-refractivity contribution in [2.24, 2.45) is 5.92 Å². The van der Waals surface area contributed by atoms with Gasteiger partial charge in [-0.25, -0.2) is 13.8 Å². The summed E-state index contributed by atoms with van der Waals surface area (Å²) in [5.41, 5.74) is 0. The smallest absolute Gasteiger partial charge is 0.254 e. The van der Waals surface area contributed by atoms with Gasteiger partial charge in [0.25, 0.3) is 5.92 Å². The molecule has 0 radical (unpaired) electrons. The average molecular weight is 282 g/mol. The molecule has 0 saturated carbocycles. The van der Waals surface area contributed by atoms with Crippen LogP contribution in [0.15, 0.2) is 6.20 Å². The predicted molar refractivity (Wildman–Crippen MR) is 63.0 cm³/mol. The zero-order chi connectivity index (χ0) is 12.6. The Bertz CT molecular complexity index is 428. The van der Waals surface area contributed by atoms with Crippen molar-refractivity contribution in [3.05, 3.63) is 16.4 Å². The fraction of sp³-hybridized carbons (Fsp3) is 0.600. The number of aromatic nitrogens is 2. The Labute approximate surface area is 108 Å². The van der Waals surface area contributed by atoms with Crippen LogP contribution in [0, 0.1) is 5.92 Å². The zero-order valence-electron chi connectivity index (χ0n) is 9.13. The molecule has 0 N–H and O–H groups in total. The minimum absolute atomic E-state index is 0.140. The lowest BCUT2D eigenvalue weighted by atomic mass is 9.96. The lowest BCUT2D eigenvalue weighted by Crippen LogP contribution is -2.46. The van der Waals surface area contributed by atoms with E-state index in [0.29, 0.717) is 5.95 Å². The van der Waals surface area contributed by atoms with Gasteiger partial charge in [0.05, 0.1) is 11.2 Å². The molecule has 0 spiro atoms. The fourth-order valence-corrected chi connectivity index (χ4v) is 1.97. The van der Waals surface area contributed by atoms with Gasteiger partial charge in [-0.05, 0) is 0 Å². The number of piperidine rings is 1. The van der Waals surface area contributed by atoms with Gasteiger partial charge in [-0.3, -0.25) is 0 Å². The Hall–Kier alpha value is -0.680. The standard InChI is InChI=1S/C10H11Cl2F2N3/c1-6-5-17(3-2-10(6,13)14)9-15-4-7(11)8(12)16-9/h4,6H,2-3,5H2,1H3. The minimum atomic E-state index is -2.62. The van der Waals surface area contributed by atoms with Gasteiger partial charge < -0.3 is 4.90 Å². The summed E-state index contributed by atoms with van der Waals surface area (Å²) in [7, 11) is 0. The number of hydrogen-bond acceptors (Lipinski definition) is 3. The summed E-state index contributed by atoms with van der Waals surface area (Å²) >= 11 is 11.5. The van der Waals surface area contributed by atoms with Crippen molar-refractivity contribution in [2.45, 2.75) is 19.3 Å². The molecule has 2 heterocycles. The summed E-state index contributed by atoms with van der Waals surface area (Å²) in [5, 5.41) is 0.396. The van der Waals surface area contributed by atoms with Gasteiger partial charge in [0, 0.05) is 25.4 Å². The van der Waals surface area contributed by atoms with Gasteiger partial charge in [0.15, 0.2) is 5.15 Å². The van der Waals surface area contributed by atoms with E-state index in [4.69, 9.17) is 23.2 Å². The van der Waals surface area contributed by atoms with Gasteiger partial charge >= 0.3 is 0 Å². The first-order chi connectivity index (χ1) is 7.90. The second-order valence-corrected chi connectivity index (χ2v) is 4.93. The van der Waals surface area contributed by atoms with E-state index in [9.17, 15) is 8.78 Å². The van der Waals surface area contributed by atoms with Crippen molar-refractivity contribution >= 4 is 29.2 Å². The maximum absolute atomic E-state index is 13.3. The molecule has 1 unspecified atom stereocenters. The van der Waals surface area contributed by atoms with Crippen molar-refractivity contribution < 1.29 is 8.78 Å². The molecule has 1 aliphatic rings. The summed E-state index contributed by atoms with van der Waals surface area (Å²) in [4.78, 5) is 9.68. The first-order valence-corrected chi connectivity index (χ1v) is 5.96. The maximum atomic E-state index is 13.3. The third-order valence-corrected chi connectivity index (χ3v) is 3.56. The fourth-order valence-electron chi connectivity index (χ4n) is 1.76. The van der Waals surface area contributed by atoms with Gasteiger partial charge in [0.1, 0.15) is 0 Å². The summed E-state index contributed by atoms with van der Waals surface area (Å²) in [5.74, 6) is -3.00. The van der Waals surface area contributed by atoms with E-state index in [0.717, 1.165) is 0 Å². The second-order valence-electron chi connectivity index (χ2n) is 4.17. The van der Waals surface area contributed by atoms with Crippen LogP contribution in [-0.2, 0) is 0 Å². The molecule has 17 heavy (non-hydrogen) atoms. The number of anilines is 1. The van der Waals surface area contributed by atoms with Crippen LogP contribution in [0.2, 0.25) is 10.2 Å². The van der Waals surface area contributed by atoms with E-state index in [-0.39, 0.29) is 29.7 Å². The molecular weight excluding hydrogens is 271 g/mol. The van der Waals surface area contributed by atoms with Crippen molar-refractivity contribution in [3.63, 3.8) is 0 Å².